The molecule has 1 aliphatic heterocycles. The van der Waals surface area contributed by atoms with Crippen LogP contribution in [0.4, 0.5) is 5.69 Å². The number of rotatable bonds is 8. The van der Waals surface area contributed by atoms with Crippen LogP contribution >= 0.6 is 0 Å². The number of amides is 2. The van der Waals surface area contributed by atoms with Crippen LogP contribution in [-0.2, 0) is 11.2 Å². The van der Waals surface area contributed by atoms with Gasteiger partial charge in [-0.3, -0.25) is 9.59 Å². The van der Waals surface area contributed by atoms with Gasteiger partial charge in [0, 0.05) is 30.4 Å². The fraction of sp³-hybridized carbons (Fsp3) is 0.440. The Labute approximate surface area is 185 Å². The van der Waals surface area contributed by atoms with Crippen molar-refractivity contribution >= 4 is 17.5 Å². The minimum atomic E-state index is -0.0600. The second-order valence-electron chi connectivity index (χ2n) is 8.17. The molecule has 1 aliphatic rings. The molecular weight excluding hydrogens is 390 g/mol. The van der Waals surface area contributed by atoms with E-state index in [9.17, 15) is 9.59 Å². The fourth-order valence-corrected chi connectivity index (χ4v) is 3.94. The second kappa shape index (κ2) is 10.8. The molecule has 2 N–H and O–H groups in total. The van der Waals surface area contributed by atoms with Gasteiger partial charge in [0.2, 0.25) is 5.91 Å². The van der Waals surface area contributed by atoms with Crippen LogP contribution in [0.5, 0.6) is 5.75 Å². The van der Waals surface area contributed by atoms with Crippen LogP contribution in [0.3, 0.4) is 0 Å². The van der Waals surface area contributed by atoms with Crippen molar-refractivity contribution < 1.29 is 14.3 Å². The zero-order valence-electron chi connectivity index (χ0n) is 18.7. The molecule has 6 heteroatoms. The lowest BCUT2D eigenvalue weighted by Gasteiger charge is -2.33. The Morgan fingerprint density at radius 1 is 1.13 bits per heavy atom. The Morgan fingerprint density at radius 2 is 1.90 bits per heavy atom. The van der Waals surface area contributed by atoms with Gasteiger partial charge in [-0.2, -0.15) is 0 Å². The minimum absolute atomic E-state index is 0.0600. The molecule has 2 aromatic carbocycles. The number of hydrogen-bond acceptors (Lipinski definition) is 4. The van der Waals surface area contributed by atoms with Gasteiger partial charge < -0.3 is 20.3 Å². The summed E-state index contributed by atoms with van der Waals surface area (Å²) in [6.45, 7) is 5.68. The van der Waals surface area contributed by atoms with E-state index in [-0.39, 0.29) is 18.4 Å². The highest BCUT2D eigenvalue weighted by Crippen LogP contribution is 2.22. The van der Waals surface area contributed by atoms with Gasteiger partial charge in [0.25, 0.3) is 5.91 Å². The van der Waals surface area contributed by atoms with Gasteiger partial charge in [0.15, 0.2) is 0 Å². The molecular formula is C25H33N3O3. The summed E-state index contributed by atoms with van der Waals surface area (Å²) in [4.78, 5) is 27.0. The lowest BCUT2D eigenvalue weighted by atomic mass is 10.0. The highest BCUT2D eigenvalue weighted by molar-refractivity contribution is 5.95. The molecule has 1 atom stereocenters. The lowest BCUT2D eigenvalue weighted by Crippen LogP contribution is -2.42. The standard InChI is InChI=1S/C25H33N3O3/c1-18-16-21(25(30)28-15-5-4-6-19(28)2)9-12-23(18)27-17-24(29)26-14-13-20-7-10-22(31-3)11-8-20/h7-12,16,19,27H,4-6,13-15,17H2,1-3H3,(H,26,29). The van der Waals surface area contributed by atoms with Gasteiger partial charge in [-0.1, -0.05) is 12.1 Å². The van der Waals surface area contributed by atoms with E-state index in [0.717, 1.165) is 48.4 Å². The number of ether oxygens (including phenoxy) is 1. The van der Waals surface area contributed by atoms with Crippen LogP contribution in [0.15, 0.2) is 42.5 Å². The molecule has 2 amide bonds. The SMILES string of the molecule is COc1ccc(CCNC(=O)CNc2ccc(C(=O)N3CCCCC3C)cc2C)cc1. The molecule has 0 saturated carbocycles. The Morgan fingerprint density at radius 3 is 2.58 bits per heavy atom. The molecule has 6 nitrogen and oxygen atoms in total. The first-order chi connectivity index (χ1) is 15.0. The number of likely N-dealkylation sites (tertiary alicyclic amines) is 1. The molecule has 0 aliphatic carbocycles. The maximum atomic E-state index is 12.8. The summed E-state index contributed by atoms with van der Waals surface area (Å²) >= 11 is 0. The smallest absolute Gasteiger partial charge is 0.254 e. The van der Waals surface area contributed by atoms with Crippen LogP contribution in [0, 0.1) is 6.92 Å². The highest BCUT2D eigenvalue weighted by atomic mass is 16.5. The summed E-state index contributed by atoms with van der Waals surface area (Å²) in [6.07, 6.45) is 4.09. The monoisotopic (exact) mass is 423 g/mol. The molecule has 1 saturated heterocycles. The number of carbonyl (C=O) groups is 2. The maximum Gasteiger partial charge on any atom is 0.254 e. The number of nitrogens with zero attached hydrogens (tertiary/aromatic N) is 1. The van der Waals surface area contributed by atoms with Gasteiger partial charge in [-0.25, -0.2) is 0 Å². The first-order valence-electron chi connectivity index (χ1n) is 11.0. The Balaban J connectivity index is 1.46. The topological polar surface area (TPSA) is 70.7 Å². The quantitative estimate of drug-likeness (QED) is 0.678. The summed E-state index contributed by atoms with van der Waals surface area (Å²) in [6, 6.07) is 13.8. The van der Waals surface area contributed by atoms with Crippen molar-refractivity contribution in [2.45, 2.75) is 45.6 Å². The molecule has 0 spiro atoms. The molecule has 1 fully saturated rings. The van der Waals surface area contributed by atoms with Gasteiger partial charge in [0.05, 0.1) is 13.7 Å². The van der Waals surface area contributed by atoms with Crippen molar-refractivity contribution in [1.29, 1.82) is 0 Å². The van der Waals surface area contributed by atoms with Crippen LogP contribution < -0.4 is 15.4 Å². The number of aryl methyl sites for hydroxylation is 1. The predicted octanol–water partition coefficient (Wildman–Crippen LogP) is 3.79. The number of anilines is 1. The minimum Gasteiger partial charge on any atom is -0.497 e. The van der Waals surface area contributed by atoms with E-state index in [1.165, 1.54) is 6.42 Å². The average molecular weight is 424 g/mol. The van der Waals surface area contributed by atoms with Crippen molar-refractivity contribution in [3.05, 3.63) is 59.2 Å². The number of carbonyl (C=O) groups excluding carboxylic acids is 2. The first kappa shape index (κ1) is 22.7. The zero-order valence-corrected chi connectivity index (χ0v) is 18.7. The Hall–Kier alpha value is -3.02. The number of nitrogens with one attached hydrogen (secondary N) is 2. The summed E-state index contributed by atoms with van der Waals surface area (Å²) in [7, 11) is 1.64. The lowest BCUT2D eigenvalue weighted by molar-refractivity contribution is -0.119. The van der Waals surface area contributed by atoms with Gasteiger partial charge in [0.1, 0.15) is 5.75 Å². The number of piperidine rings is 1. The second-order valence-corrected chi connectivity index (χ2v) is 8.17. The van der Waals surface area contributed by atoms with E-state index in [0.29, 0.717) is 18.2 Å². The summed E-state index contributed by atoms with van der Waals surface area (Å²) < 4.78 is 5.15. The molecule has 166 valence electrons. The number of methoxy groups -OCH3 is 1. The summed E-state index contributed by atoms with van der Waals surface area (Å²) in [5, 5.41) is 6.11. The van der Waals surface area contributed by atoms with Crippen molar-refractivity contribution in [1.82, 2.24) is 10.2 Å². The van der Waals surface area contributed by atoms with E-state index in [1.54, 1.807) is 7.11 Å². The summed E-state index contributed by atoms with van der Waals surface area (Å²) in [5.74, 6) is 0.860. The Kier molecular flexibility index (Phi) is 7.93. The van der Waals surface area contributed by atoms with Gasteiger partial charge in [-0.15, -0.1) is 0 Å². The van der Waals surface area contributed by atoms with E-state index in [1.807, 2.05) is 54.3 Å². The predicted molar refractivity (Wildman–Crippen MR) is 124 cm³/mol. The molecule has 0 radical (unpaired) electrons. The number of hydrogen-bond donors (Lipinski definition) is 2. The van der Waals surface area contributed by atoms with E-state index >= 15 is 0 Å². The van der Waals surface area contributed by atoms with Crippen LogP contribution in [0.2, 0.25) is 0 Å². The van der Waals surface area contributed by atoms with Crippen LogP contribution in [0.25, 0.3) is 0 Å². The molecule has 2 aromatic rings. The van der Waals surface area contributed by atoms with E-state index in [4.69, 9.17) is 4.74 Å². The summed E-state index contributed by atoms with van der Waals surface area (Å²) in [5.41, 5.74) is 3.68. The Bertz CT molecular complexity index is 895. The van der Waals surface area contributed by atoms with E-state index < -0.39 is 0 Å². The first-order valence-corrected chi connectivity index (χ1v) is 11.0. The van der Waals surface area contributed by atoms with Crippen molar-refractivity contribution in [2.75, 3.05) is 32.1 Å². The molecule has 1 unspecified atom stereocenters. The van der Waals surface area contributed by atoms with Crippen molar-refractivity contribution in [2.24, 2.45) is 0 Å². The molecule has 1 heterocycles. The average Bonchev–Trinajstić information content (AvgIpc) is 2.78. The normalized spacial score (nSPS) is 16.0. The fourth-order valence-electron chi connectivity index (χ4n) is 3.94. The highest BCUT2D eigenvalue weighted by Gasteiger charge is 2.24. The third kappa shape index (κ3) is 6.23. The van der Waals surface area contributed by atoms with Crippen LogP contribution in [0.1, 0.15) is 47.7 Å². The molecule has 0 bridgehead atoms. The zero-order chi connectivity index (χ0) is 22.2. The van der Waals surface area contributed by atoms with Crippen LogP contribution in [-0.4, -0.2) is 49.5 Å². The molecule has 3 rings (SSSR count). The number of benzene rings is 2. The third-order valence-corrected chi connectivity index (χ3v) is 5.87. The third-order valence-electron chi connectivity index (χ3n) is 5.87. The maximum absolute atomic E-state index is 12.8. The van der Waals surface area contributed by atoms with Crippen molar-refractivity contribution in [3.8, 4) is 5.75 Å². The molecule has 0 aromatic heterocycles. The van der Waals surface area contributed by atoms with Gasteiger partial charge >= 0.3 is 0 Å². The van der Waals surface area contributed by atoms with E-state index in [2.05, 4.69) is 17.6 Å². The van der Waals surface area contributed by atoms with Crippen molar-refractivity contribution in [3.63, 3.8) is 0 Å². The largest absolute Gasteiger partial charge is 0.497 e. The molecule has 31 heavy (non-hydrogen) atoms. The van der Waals surface area contributed by atoms with Gasteiger partial charge in [-0.05, 0) is 81.0 Å².